The summed E-state index contributed by atoms with van der Waals surface area (Å²) in [5.74, 6) is 1.43. The summed E-state index contributed by atoms with van der Waals surface area (Å²) in [6.45, 7) is 2.11. The molecule has 4 aromatic rings. The van der Waals surface area contributed by atoms with E-state index in [-0.39, 0.29) is 0 Å². The third kappa shape index (κ3) is 2.66. The Labute approximate surface area is 150 Å². The highest BCUT2D eigenvalue weighted by Crippen LogP contribution is 2.38. The highest BCUT2D eigenvalue weighted by atomic mass is 32.1. The van der Waals surface area contributed by atoms with Gasteiger partial charge in [-0.2, -0.15) is 0 Å². The minimum absolute atomic E-state index is 0.710. The maximum atomic E-state index is 5.41. The van der Waals surface area contributed by atoms with Gasteiger partial charge in [0.1, 0.15) is 5.01 Å². The minimum Gasteiger partial charge on any atom is -0.493 e. The van der Waals surface area contributed by atoms with Gasteiger partial charge in [-0.15, -0.1) is 11.3 Å². The number of aromatic amines is 1. The van der Waals surface area contributed by atoms with E-state index < -0.39 is 0 Å². The SMILES string of the molecule is COc1ccc(-c2nc(-c3c[nH]c4ccccc34)c(C)s2)cc1OC. The highest BCUT2D eigenvalue weighted by Gasteiger charge is 2.16. The number of aryl methyl sites for hydroxylation is 1. The van der Waals surface area contributed by atoms with Gasteiger partial charge in [-0.1, -0.05) is 18.2 Å². The van der Waals surface area contributed by atoms with Gasteiger partial charge < -0.3 is 14.5 Å². The normalized spacial score (nSPS) is 11.0. The summed E-state index contributed by atoms with van der Waals surface area (Å²) in [6, 6.07) is 14.2. The summed E-state index contributed by atoms with van der Waals surface area (Å²) in [7, 11) is 3.28. The first-order valence-corrected chi connectivity index (χ1v) is 8.79. The van der Waals surface area contributed by atoms with Gasteiger partial charge in [-0.05, 0) is 31.2 Å². The van der Waals surface area contributed by atoms with Crippen molar-refractivity contribution >= 4 is 22.2 Å². The molecule has 4 rings (SSSR count). The van der Waals surface area contributed by atoms with Gasteiger partial charge in [0, 0.05) is 33.1 Å². The number of thiazole rings is 1. The first-order valence-electron chi connectivity index (χ1n) is 7.97. The number of aromatic nitrogens is 2. The van der Waals surface area contributed by atoms with Crippen molar-refractivity contribution in [3.05, 3.63) is 53.5 Å². The number of benzene rings is 2. The van der Waals surface area contributed by atoms with E-state index >= 15 is 0 Å². The summed E-state index contributed by atoms with van der Waals surface area (Å²) < 4.78 is 10.7. The summed E-state index contributed by atoms with van der Waals surface area (Å²) in [5.41, 5.74) is 4.30. The molecular formula is C20H18N2O2S. The predicted molar refractivity (Wildman–Crippen MR) is 103 cm³/mol. The fourth-order valence-electron chi connectivity index (χ4n) is 3.01. The fourth-order valence-corrected chi connectivity index (χ4v) is 3.93. The van der Waals surface area contributed by atoms with Crippen molar-refractivity contribution < 1.29 is 9.47 Å². The Morgan fingerprint density at radius 1 is 1.00 bits per heavy atom. The van der Waals surface area contributed by atoms with Crippen LogP contribution in [0.15, 0.2) is 48.7 Å². The van der Waals surface area contributed by atoms with Crippen molar-refractivity contribution in [2.24, 2.45) is 0 Å². The number of ether oxygens (including phenoxy) is 2. The van der Waals surface area contributed by atoms with Crippen LogP contribution in [0.2, 0.25) is 0 Å². The van der Waals surface area contributed by atoms with Gasteiger partial charge in [-0.25, -0.2) is 4.98 Å². The fraction of sp³-hybridized carbons (Fsp3) is 0.150. The third-order valence-corrected chi connectivity index (χ3v) is 5.29. The van der Waals surface area contributed by atoms with Crippen molar-refractivity contribution in [2.45, 2.75) is 6.92 Å². The number of H-pyrrole nitrogens is 1. The molecule has 25 heavy (non-hydrogen) atoms. The number of methoxy groups -OCH3 is 2. The Morgan fingerprint density at radius 3 is 2.60 bits per heavy atom. The van der Waals surface area contributed by atoms with Crippen LogP contribution in [-0.2, 0) is 0 Å². The first-order chi connectivity index (χ1) is 12.2. The molecule has 0 atom stereocenters. The smallest absolute Gasteiger partial charge is 0.161 e. The van der Waals surface area contributed by atoms with Gasteiger partial charge in [0.15, 0.2) is 11.5 Å². The number of nitrogens with zero attached hydrogens (tertiary/aromatic N) is 1. The van der Waals surface area contributed by atoms with Gasteiger partial charge in [0.25, 0.3) is 0 Å². The molecule has 0 unspecified atom stereocenters. The zero-order chi connectivity index (χ0) is 17.4. The second-order valence-electron chi connectivity index (χ2n) is 5.74. The Kier molecular flexibility index (Phi) is 3.93. The lowest BCUT2D eigenvalue weighted by Gasteiger charge is -2.08. The van der Waals surface area contributed by atoms with Crippen LogP contribution >= 0.6 is 11.3 Å². The molecule has 0 aliphatic heterocycles. The minimum atomic E-state index is 0.710. The molecule has 0 aliphatic rings. The molecule has 0 aliphatic carbocycles. The van der Waals surface area contributed by atoms with Crippen molar-refractivity contribution in [2.75, 3.05) is 14.2 Å². The number of para-hydroxylation sites is 1. The molecule has 5 heteroatoms. The number of hydrogen-bond donors (Lipinski definition) is 1. The van der Waals surface area contributed by atoms with Crippen LogP contribution in [0, 0.1) is 6.92 Å². The second kappa shape index (κ2) is 6.26. The van der Waals surface area contributed by atoms with E-state index in [2.05, 4.69) is 30.1 Å². The summed E-state index contributed by atoms with van der Waals surface area (Å²) in [5, 5.41) is 2.16. The molecule has 0 fully saturated rings. The molecule has 2 heterocycles. The lowest BCUT2D eigenvalue weighted by atomic mass is 10.1. The molecule has 1 N–H and O–H groups in total. The van der Waals surface area contributed by atoms with Gasteiger partial charge in [-0.3, -0.25) is 0 Å². The molecule has 0 amide bonds. The topological polar surface area (TPSA) is 47.1 Å². The van der Waals surface area contributed by atoms with Crippen LogP contribution in [0.5, 0.6) is 11.5 Å². The summed E-state index contributed by atoms with van der Waals surface area (Å²) in [6.07, 6.45) is 2.03. The number of nitrogens with one attached hydrogen (secondary N) is 1. The monoisotopic (exact) mass is 350 g/mol. The maximum Gasteiger partial charge on any atom is 0.161 e. The maximum absolute atomic E-state index is 5.41. The first kappa shape index (κ1) is 15.7. The van der Waals surface area contributed by atoms with E-state index in [0.29, 0.717) is 5.75 Å². The largest absolute Gasteiger partial charge is 0.493 e. The Hall–Kier alpha value is -2.79. The quantitative estimate of drug-likeness (QED) is 0.544. The lowest BCUT2D eigenvalue weighted by molar-refractivity contribution is 0.355. The molecule has 2 aromatic carbocycles. The van der Waals surface area contributed by atoms with E-state index in [1.807, 2.05) is 30.5 Å². The molecule has 0 bridgehead atoms. The molecule has 0 saturated carbocycles. The number of fused-ring (bicyclic) bond motifs is 1. The van der Waals surface area contributed by atoms with E-state index in [1.54, 1.807) is 25.6 Å². The average molecular weight is 350 g/mol. The zero-order valence-electron chi connectivity index (χ0n) is 14.3. The Balaban J connectivity index is 1.81. The van der Waals surface area contributed by atoms with E-state index in [1.165, 1.54) is 10.3 Å². The van der Waals surface area contributed by atoms with Gasteiger partial charge in [0.05, 0.1) is 19.9 Å². The standard InChI is InChI=1S/C20H18N2O2S/c1-12-19(15-11-21-16-7-5-4-6-14(15)16)22-20(25-12)13-8-9-17(23-2)18(10-13)24-3/h4-11,21H,1-3H3. The van der Waals surface area contributed by atoms with Gasteiger partial charge in [0.2, 0.25) is 0 Å². The average Bonchev–Trinajstić information content (AvgIpc) is 3.24. The molecular weight excluding hydrogens is 332 g/mol. The van der Waals surface area contributed by atoms with E-state index in [4.69, 9.17) is 14.5 Å². The van der Waals surface area contributed by atoms with E-state index in [0.717, 1.165) is 33.1 Å². The van der Waals surface area contributed by atoms with Crippen LogP contribution < -0.4 is 9.47 Å². The van der Waals surface area contributed by atoms with Crippen LogP contribution in [0.1, 0.15) is 4.88 Å². The Bertz CT molecular complexity index is 1050. The number of rotatable bonds is 4. The third-order valence-electron chi connectivity index (χ3n) is 4.27. The van der Waals surface area contributed by atoms with Crippen LogP contribution in [0.25, 0.3) is 32.7 Å². The summed E-state index contributed by atoms with van der Waals surface area (Å²) in [4.78, 5) is 9.42. The molecule has 2 aromatic heterocycles. The molecule has 4 nitrogen and oxygen atoms in total. The van der Waals surface area contributed by atoms with Gasteiger partial charge >= 0.3 is 0 Å². The highest BCUT2D eigenvalue weighted by molar-refractivity contribution is 7.15. The molecule has 0 spiro atoms. The summed E-state index contributed by atoms with van der Waals surface area (Å²) >= 11 is 1.69. The molecule has 0 radical (unpaired) electrons. The molecule has 126 valence electrons. The second-order valence-corrected chi connectivity index (χ2v) is 6.94. The van der Waals surface area contributed by atoms with Crippen LogP contribution in [-0.4, -0.2) is 24.2 Å². The van der Waals surface area contributed by atoms with Crippen LogP contribution in [0.4, 0.5) is 0 Å². The van der Waals surface area contributed by atoms with Crippen LogP contribution in [0.3, 0.4) is 0 Å². The van der Waals surface area contributed by atoms with Crippen molar-refractivity contribution in [3.63, 3.8) is 0 Å². The van der Waals surface area contributed by atoms with Crippen molar-refractivity contribution in [1.29, 1.82) is 0 Å². The molecule has 0 saturated heterocycles. The predicted octanol–water partition coefficient (Wildman–Crippen LogP) is 5.28. The Morgan fingerprint density at radius 2 is 1.80 bits per heavy atom. The van der Waals surface area contributed by atoms with E-state index in [9.17, 15) is 0 Å². The van der Waals surface area contributed by atoms with Crippen molar-refractivity contribution in [1.82, 2.24) is 9.97 Å². The lowest BCUT2D eigenvalue weighted by Crippen LogP contribution is -1.90. The zero-order valence-corrected chi connectivity index (χ0v) is 15.1. The van der Waals surface area contributed by atoms with Crippen molar-refractivity contribution in [3.8, 4) is 33.3 Å². The number of hydrogen-bond acceptors (Lipinski definition) is 4.